The van der Waals surface area contributed by atoms with Gasteiger partial charge in [-0.15, -0.1) is 0 Å². The van der Waals surface area contributed by atoms with Crippen molar-refractivity contribution >= 4 is 27.6 Å². The first-order valence-corrected chi connectivity index (χ1v) is 7.41. The van der Waals surface area contributed by atoms with Gasteiger partial charge in [-0.25, -0.2) is 9.78 Å². The lowest BCUT2D eigenvalue weighted by atomic mass is 10.0. The van der Waals surface area contributed by atoms with E-state index >= 15 is 0 Å². The van der Waals surface area contributed by atoms with Crippen molar-refractivity contribution < 1.29 is 23.0 Å². The van der Waals surface area contributed by atoms with Gasteiger partial charge in [0.1, 0.15) is 11.4 Å². The number of halogens is 2. The maximum absolute atomic E-state index is 14.7. The van der Waals surface area contributed by atoms with Gasteiger partial charge in [-0.1, -0.05) is 18.2 Å². The first kappa shape index (κ1) is 16.1. The summed E-state index contributed by atoms with van der Waals surface area (Å²) in [5, 5.41) is 1.45. The van der Waals surface area contributed by atoms with Crippen molar-refractivity contribution in [2.45, 2.75) is 12.8 Å². The molecular formula is C18H15F2NO3. The minimum atomic E-state index is -3.86. The van der Waals surface area contributed by atoms with Crippen LogP contribution in [0.25, 0.3) is 21.7 Å². The third-order valence-corrected chi connectivity index (χ3v) is 3.74. The molecule has 24 heavy (non-hydrogen) atoms. The number of rotatable bonds is 4. The van der Waals surface area contributed by atoms with Crippen LogP contribution < -0.4 is 4.74 Å². The molecular weight excluding hydrogens is 316 g/mol. The Bertz CT molecular complexity index is 925. The monoisotopic (exact) mass is 331 g/mol. The molecule has 3 rings (SSSR count). The maximum atomic E-state index is 14.7. The van der Waals surface area contributed by atoms with Crippen molar-refractivity contribution in [3.63, 3.8) is 0 Å². The molecule has 124 valence electrons. The molecule has 0 aliphatic rings. The number of pyridine rings is 1. The quantitative estimate of drug-likeness (QED) is 0.534. The average molecular weight is 331 g/mol. The summed E-state index contributed by atoms with van der Waals surface area (Å²) in [4.78, 5) is 15.8. The SMILES string of the molecule is CCOC(=O)C(F)(F)c1nc2ccccc2c2ccc(OC)cc12. The molecule has 0 atom stereocenters. The largest absolute Gasteiger partial charge is 0.497 e. The van der Waals surface area contributed by atoms with Crippen LogP contribution >= 0.6 is 0 Å². The molecule has 0 unspecified atom stereocenters. The van der Waals surface area contributed by atoms with Crippen LogP contribution in [0.4, 0.5) is 8.78 Å². The van der Waals surface area contributed by atoms with Crippen molar-refractivity contribution in [2.24, 2.45) is 0 Å². The molecule has 0 amide bonds. The molecule has 3 aromatic rings. The van der Waals surface area contributed by atoms with Crippen LogP contribution in [-0.2, 0) is 15.5 Å². The van der Waals surface area contributed by atoms with Gasteiger partial charge in [0, 0.05) is 10.8 Å². The molecule has 0 N–H and O–H groups in total. The summed E-state index contributed by atoms with van der Waals surface area (Å²) in [6, 6.07) is 11.8. The van der Waals surface area contributed by atoms with Crippen molar-refractivity contribution in [1.29, 1.82) is 0 Å². The number of aromatic nitrogens is 1. The highest BCUT2D eigenvalue weighted by Gasteiger charge is 2.46. The number of alkyl halides is 2. The van der Waals surface area contributed by atoms with Gasteiger partial charge in [-0.2, -0.15) is 8.78 Å². The Balaban J connectivity index is 2.37. The number of hydrogen-bond donors (Lipinski definition) is 0. The van der Waals surface area contributed by atoms with Gasteiger partial charge in [-0.05, 0) is 36.6 Å². The van der Waals surface area contributed by atoms with Crippen LogP contribution in [0.1, 0.15) is 12.6 Å². The van der Waals surface area contributed by atoms with Gasteiger partial charge in [0.15, 0.2) is 0 Å². The fraction of sp³-hybridized carbons (Fsp3) is 0.222. The van der Waals surface area contributed by atoms with Gasteiger partial charge in [0.2, 0.25) is 0 Å². The summed E-state index contributed by atoms with van der Waals surface area (Å²) in [5.74, 6) is -5.07. The number of carbonyl (C=O) groups is 1. The third kappa shape index (κ3) is 2.54. The zero-order valence-corrected chi connectivity index (χ0v) is 13.2. The summed E-state index contributed by atoms with van der Waals surface area (Å²) in [6.45, 7) is 1.34. The van der Waals surface area contributed by atoms with Crippen molar-refractivity contribution in [3.8, 4) is 5.75 Å². The standard InChI is InChI=1S/C18H15F2NO3/c1-3-24-17(22)18(19,20)16-14-10-11(23-2)8-9-12(14)13-6-4-5-7-15(13)21-16/h4-10H,3H2,1-2H3. The number of nitrogens with zero attached hydrogens (tertiary/aromatic N) is 1. The van der Waals surface area contributed by atoms with E-state index in [1.165, 1.54) is 20.1 Å². The number of para-hydroxylation sites is 1. The molecule has 6 heteroatoms. The average Bonchev–Trinajstić information content (AvgIpc) is 2.60. The van der Waals surface area contributed by atoms with E-state index in [0.717, 1.165) is 5.39 Å². The number of methoxy groups -OCH3 is 1. The number of fused-ring (bicyclic) bond motifs is 3. The minimum absolute atomic E-state index is 0.136. The van der Waals surface area contributed by atoms with E-state index in [2.05, 4.69) is 9.72 Å². The number of ether oxygens (including phenoxy) is 2. The molecule has 0 bridgehead atoms. The Morgan fingerprint density at radius 1 is 1.12 bits per heavy atom. The molecule has 2 aromatic carbocycles. The Morgan fingerprint density at radius 2 is 1.88 bits per heavy atom. The summed E-state index contributed by atoms with van der Waals surface area (Å²) in [6.07, 6.45) is 0. The second-order valence-corrected chi connectivity index (χ2v) is 5.18. The second-order valence-electron chi connectivity index (χ2n) is 5.18. The molecule has 0 radical (unpaired) electrons. The van der Waals surface area contributed by atoms with Crippen LogP contribution in [0.2, 0.25) is 0 Å². The molecule has 0 saturated carbocycles. The Kier molecular flexibility index (Phi) is 4.05. The zero-order valence-electron chi connectivity index (χ0n) is 13.2. The van der Waals surface area contributed by atoms with Crippen molar-refractivity contribution in [3.05, 3.63) is 48.2 Å². The van der Waals surface area contributed by atoms with Gasteiger partial charge in [0.05, 0.1) is 19.2 Å². The van der Waals surface area contributed by atoms with E-state index in [9.17, 15) is 13.6 Å². The van der Waals surface area contributed by atoms with E-state index in [0.29, 0.717) is 16.7 Å². The normalized spacial score (nSPS) is 11.7. The topological polar surface area (TPSA) is 48.4 Å². The first-order valence-electron chi connectivity index (χ1n) is 7.41. The van der Waals surface area contributed by atoms with E-state index in [1.807, 2.05) is 0 Å². The van der Waals surface area contributed by atoms with E-state index in [-0.39, 0.29) is 12.0 Å². The molecule has 0 aliphatic heterocycles. The number of esters is 1. The lowest BCUT2D eigenvalue weighted by Crippen LogP contribution is -2.29. The fourth-order valence-electron chi connectivity index (χ4n) is 2.62. The number of benzene rings is 2. The maximum Gasteiger partial charge on any atom is 0.385 e. The van der Waals surface area contributed by atoms with E-state index < -0.39 is 17.6 Å². The summed E-state index contributed by atoms with van der Waals surface area (Å²) in [7, 11) is 1.44. The van der Waals surface area contributed by atoms with Gasteiger partial charge >= 0.3 is 11.9 Å². The number of hydrogen-bond acceptors (Lipinski definition) is 4. The molecule has 1 heterocycles. The lowest BCUT2D eigenvalue weighted by Gasteiger charge is -2.18. The lowest BCUT2D eigenvalue weighted by molar-refractivity contribution is -0.173. The zero-order chi connectivity index (χ0) is 17.3. The van der Waals surface area contributed by atoms with Crippen LogP contribution in [0.15, 0.2) is 42.5 Å². The smallest absolute Gasteiger partial charge is 0.385 e. The Hall–Kier alpha value is -2.76. The van der Waals surface area contributed by atoms with Gasteiger partial charge < -0.3 is 9.47 Å². The Labute approximate surface area is 137 Å². The van der Waals surface area contributed by atoms with E-state index in [4.69, 9.17) is 4.74 Å². The molecule has 4 nitrogen and oxygen atoms in total. The summed E-state index contributed by atoms with van der Waals surface area (Å²) in [5.41, 5.74) is -0.248. The van der Waals surface area contributed by atoms with Crippen LogP contribution in [0.5, 0.6) is 5.75 Å². The summed E-state index contributed by atoms with van der Waals surface area (Å²) >= 11 is 0. The van der Waals surface area contributed by atoms with Crippen LogP contribution in [0.3, 0.4) is 0 Å². The van der Waals surface area contributed by atoms with Crippen molar-refractivity contribution in [2.75, 3.05) is 13.7 Å². The predicted molar refractivity (Wildman–Crippen MR) is 86.3 cm³/mol. The highest BCUT2D eigenvalue weighted by molar-refractivity contribution is 6.08. The molecule has 0 aliphatic carbocycles. The Morgan fingerprint density at radius 3 is 2.58 bits per heavy atom. The van der Waals surface area contributed by atoms with Gasteiger partial charge in [-0.3, -0.25) is 0 Å². The second kappa shape index (κ2) is 6.03. The third-order valence-electron chi connectivity index (χ3n) is 3.74. The summed E-state index contributed by atoms with van der Waals surface area (Å²) < 4.78 is 38.9. The first-order chi connectivity index (χ1) is 11.5. The van der Waals surface area contributed by atoms with Crippen LogP contribution in [0, 0.1) is 0 Å². The van der Waals surface area contributed by atoms with Crippen LogP contribution in [-0.4, -0.2) is 24.7 Å². The highest BCUT2D eigenvalue weighted by atomic mass is 19.3. The fourth-order valence-corrected chi connectivity index (χ4v) is 2.62. The van der Waals surface area contributed by atoms with E-state index in [1.54, 1.807) is 36.4 Å². The molecule has 0 saturated heterocycles. The molecule has 1 aromatic heterocycles. The van der Waals surface area contributed by atoms with Gasteiger partial charge in [0.25, 0.3) is 0 Å². The number of carbonyl (C=O) groups excluding carboxylic acids is 1. The van der Waals surface area contributed by atoms with Crippen molar-refractivity contribution in [1.82, 2.24) is 4.98 Å². The molecule has 0 fully saturated rings. The highest BCUT2D eigenvalue weighted by Crippen LogP contribution is 2.37. The predicted octanol–water partition coefficient (Wildman–Crippen LogP) is 4.05. The minimum Gasteiger partial charge on any atom is -0.497 e. The molecule has 0 spiro atoms.